The minimum absolute atomic E-state index is 0. The number of rotatable bonds is 11. The SMILES string of the molecule is CCc1cc(-c2cccc(OC)c2)c(O)cc1OCCCCCC(C)(C)c1nn[nH]n1.[NaH]. The Kier molecular flexibility index (Phi) is 10.0. The number of phenolic OH excluding ortho intramolecular Hbond substituents is 1. The van der Waals surface area contributed by atoms with Crippen molar-refractivity contribution in [1.29, 1.82) is 0 Å². The Bertz CT molecular complexity index is 977. The zero-order chi connectivity index (χ0) is 22.3. The second-order valence-corrected chi connectivity index (χ2v) is 8.34. The van der Waals surface area contributed by atoms with Gasteiger partial charge in [0.25, 0.3) is 0 Å². The molecule has 0 radical (unpaired) electrons. The minimum atomic E-state index is -0.0923. The number of aromatic hydroxyl groups is 1. The molecule has 0 saturated heterocycles. The van der Waals surface area contributed by atoms with Crippen molar-refractivity contribution in [2.24, 2.45) is 0 Å². The molecule has 2 aromatic carbocycles. The molecule has 0 unspecified atom stereocenters. The van der Waals surface area contributed by atoms with E-state index in [1.807, 2.05) is 30.3 Å². The molecule has 0 aliphatic carbocycles. The Labute approximate surface area is 212 Å². The molecule has 0 aliphatic rings. The van der Waals surface area contributed by atoms with Gasteiger partial charge in [0.2, 0.25) is 0 Å². The molecular weight excluding hydrogens is 415 g/mol. The molecule has 32 heavy (non-hydrogen) atoms. The molecule has 0 fully saturated rings. The van der Waals surface area contributed by atoms with E-state index in [0.29, 0.717) is 6.61 Å². The monoisotopic (exact) mass is 448 g/mol. The maximum atomic E-state index is 10.6. The molecule has 2 N–H and O–H groups in total. The van der Waals surface area contributed by atoms with Crippen molar-refractivity contribution in [1.82, 2.24) is 20.6 Å². The van der Waals surface area contributed by atoms with Crippen molar-refractivity contribution in [2.75, 3.05) is 13.7 Å². The number of aryl methyl sites for hydroxylation is 1. The number of hydrogen-bond donors (Lipinski definition) is 2. The Morgan fingerprint density at radius 2 is 1.91 bits per heavy atom. The van der Waals surface area contributed by atoms with Crippen molar-refractivity contribution in [3.05, 3.63) is 47.8 Å². The number of tetrazole rings is 1. The van der Waals surface area contributed by atoms with Gasteiger partial charge < -0.3 is 14.6 Å². The van der Waals surface area contributed by atoms with Crippen LogP contribution in [0.5, 0.6) is 17.2 Å². The van der Waals surface area contributed by atoms with Crippen molar-refractivity contribution < 1.29 is 14.6 Å². The van der Waals surface area contributed by atoms with E-state index in [9.17, 15) is 5.11 Å². The number of nitrogens with zero attached hydrogens (tertiary/aromatic N) is 3. The molecule has 8 heteroatoms. The molecule has 0 bridgehead atoms. The normalized spacial score (nSPS) is 11.1. The molecule has 0 atom stereocenters. The van der Waals surface area contributed by atoms with E-state index in [0.717, 1.165) is 66.1 Å². The molecular formula is C24H33N4NaO3. The number of aromatic nitrogens is 4. The van der Waals surface area contributed by atoms with Crippen molar-refractivity contribution in [2.45, 2.75) is 58.3 Å². The summed E-state index contributed by atoms with van der Waals surface area (Å²) in [6.07, 6.45) is 4.88. The van der Waals surface area contributed by atoms with Crippen LogP contribution in [0.15, 0.2) is 36.4 Å². The topological polar surface area (TPSA) is 93.1 Å². The standard InChI is InChI=1S/C24H32N4O3.Na.H/c1-5-17-15-20(18-10-9-11-19(14-18)30-4)21(29)16-22(17)31-13-8-6-7-12-24(2,3)23-25-27-28-26-23;;/h9-11,14-16,29H,5-8,12-13H2,1-4H3,(H,25,26,27,28);;. The number of ether oxygens (including phenoxy) is 2. The van der Waals surface area contributed by atoms with Crippen molar-refractivity contribution in [3.8, 4) is 28.4 Å². The van der Waals surface area contributed by atoms with Gasteiger partial charge in [0.1, 0.15) is 17.2 Å². The van der Waals surface area contributed by atoms with E-state index in [1.54, 1.807) is 13.2 Å². The van der Waals surface area contributed by atoms with Gasteiger partial charge >= 0.3 is 29.6 Å². The van der Waals surface area contributed by atoms with Gasteiger partial charge in [-0.05, 0) is 48.6 Å². The summed E-state index contributed by atoms with van der Waals surface area (Å²) in [6.45, 7) is 6.98. The maximum absolute atomic E-state index is 10.6. The number of unbranched alkanes of at least 4 members (excludes halogenated alkanes) is 2. The number of hydrogen-bond acceptors (Lipinski definition) is 6. The van der Waals surface area contributed by atoms with Crippen LogP contribution in [0.3, 0.4) is 0 Å². The van der Waals surface area contributed by atoms with Gasteiger partial charge in [0, 0.05) is 17.0 Å². The van der Waals surface area contributed by atoms with E-state index in [-0.39, 0.29) is 40.7 Å². The van der Waals surface area contributed by atoms with Crippen LogP contribution < -0.4 is 9.47 Å². The number of benzene rings is 2. The number of aromatic amines is 1. The van der Waals surface area contributed by atoms with E-state index in [4.69, 9.17) is 9.47 Å². The number of nitrogens with one attached hydrogen (secondary N) is 1. The Morgan fingerprint density at radius 1 is 1.09 bits per heavy atom. The predicted octanol–water partition coefficient (Wildman–Crippen LogP) is 4.41. The van der Waals surface area contributed by atoms with Gasteiger partial charge in [0.05, 0.1) is 13.7 Å². The Hall–Kier alpha value is -2.09. The first-order chi connectivity index (χ1) is 14.9. The van der Waals surface area contributed by atoms with E-state index in [2.05, 4.69) is 41.4 Å². The van der Waals surface area contributed by atoms with Gasteiger partial charge in [-0.2, -0.15) is 5.21 Å². The molecule has 7 nitrogen and oxygen atoms in total. The van der Waals surface area contributed by atoms with Gasteiger partial charge in [-0.3, -0.25) is 0 Å². The Balaban J connectivity index is 0.00000363. The third-order valence-corrected chi connectivity index (χ3v) is 5.59. The van der Waals surface area contributed by atoms with Crippen LogP contribution in [0.4, 0.5) is 0 Å². The first-order valence-electron chi connectivity index (χ1n) is 10.8. The van der Waals surface area contributed by atoms with Crippen LogP contribution >= 0.6 is 0 Å². The van der Waals surface area contributed by atoms with Crippen LogP contribution in [0.25, 0.3) is 11.1 Å². The summed E-state index contributed by atoms with van der Waals surface area (Å²) in [5, 5.41) is 25.0. The molecule has 3 aromatic rings. The van der Waals surface area contributed by atoms with E-state index in [1.165, 1.54) is 0 Å². The average Bonchev–Trinajstić information content (AvgIpc) is 3.32. The van der Waals surface area contributed by atoms with Gasteiger partial charge in [-0.1, -0.05) is 51.0 Å². The van der Waals surface area contributed by atoms with Crippen LogP contribution in [0, 0.1) is 0 Å². The molecule has 168 valence electrons. The third kappa shape index (κ3) is 6.70. The first kappa shape index (κ1) is 26.2. The second kappa shape index (κ2) is 12.2. The average molecular weight is 449 g/mol. The van der Waals surface area contributed by atoms with Crippen LogP contribution in [0.2, 0.25) is 0 Å². The molecule has 0 aliphatic heterocycles. The zero-order valence-electron chi connectivity index (χ0n) is 18.8. The van der Waals surface area contributed by atoms with Crippen molar-refractivity contribution >= 4 is 29.6 Å². The molecule has 1 heterocycles. The third-order valence-electron chi connectivity index (χ3n) is 5.59. The summed E-state index contributed by atoms with van der Waals surface area (Å²) in [5.41, 5.74) is 2.69. The van der Waals surface area contributed by atoms with Gasteiger partial charge in [-0.15, -0.1) is 10.2 Å². The number of H-pyrrole nitrogens is 1. The summed E-state index contributed by atoms with van der Waals surface area (Å²) in [5.74, 6) is 2.47. The summed E-state index contributed by atoms with van der Waals surface area (Å²) in [6, 6.07) is 11.4. The zero-order valence-corrected chi connectivity index (χ0v) is 18.8. The van der Waals surface area contributed by atoms with E-state index < -0.39 is 0 Å². The van der Waals surface area contributed by atoms with Gasteiger partial charge in [-0.25, -0.2) is 0 Å². The van der Waals surface area contributed by atoms with Crippen LogP contribution in [-0.4, -0.2) is 69.0 Å². The molecule has 0 saturated carbocycles. The quantitative estimate of drug-likeness (QED) is 0.333. The summed E-state index contributed by atoms with van der Waals surface area (Å²) >= 11 is 0. The fourth-order valence-corrected chi connectivity index (χ4v) is 3.63. The molecule has 3 rings (SSSR count). The number of phenols is 1. The molecule has 0 spiro atoms. The predicted molar refractivity (Wildman–Crippen MR) is 128 cm³/mol. The van der Waals surface area contributed by atoms with Crippen LogP contribution in [-0.2, 0) is 11.8 Å². The van der Waals surface area contributed by atoms with E-state index >= 15 is 0 Å². The Morgan fingerprint density at radius 3 is 2.59 bits per heavy atom. The first-order valence-corrected chi connectivity index (χ1v) is 10.8. The number of methoxy groups -OCH3 is 1. The van der Waals surface area contributed by atoms with Crippen molar-refractivity contribution in [3.63, 3.8) is 0 Å². The summed E-state index contributed by atoms with van der Waals surface area (Å²) < 4.78 is 11.3. The second-order valence-electron chi connectivity index (χ2n) is 8.34. The summed E-state index contributed by atoms with van der Waals surface area (Å²) in [4.78, 5) is 0. The fourth-order valence-electron chi connectivity index (χ4n) is 3.63. The molecule has 1 aromatic heterocycles. The molecule has 0 amide bonds. The summed E-state index contributed by atoms with van der Waals surface area (Å²) in [7, 11) is 1.64. The van der Waals surface area contributed by atoms with Crippen LogP contribution in [0.1, 0.15) is 57.8 Å². The fraction of sp³-hybridized carbons (Fsp3) is 0.458. The van der Waals surface area contributed by atoms with Gasteiger partial charge in [0.15, 0.2) is 5.82 Å².